The molecule has 0 heterocycles. The van der Waals surface area contributed by atoms with Gasteiger partial charge in [-0.05, 0) is 30.0 Å². The summed E-state index contributed by atoms with van der Waals surface area (Å²) in [7, 11) is 0. The normalized spacial score (nSPS) is 19.3. The fourth-order valence-corrected chi connectivity index (χ4v) is 3.73. The third kappa shape index (κ3) is 2.30. The molecule has 1 aliphatic rings. The van der Waals surface area contributed by atoms with Gasteiger partial charge in [0.25, 0.3) is 5.69 Å². The van der Waals surface area contributed by atoms with Crippen molar-refractivity contribution in [1.82, 2.24) is 0 Å². The van der Waals surface area contributed by atoms with Gasteiger partial charge in [-0.25, -0.2) is 0 Å². The summed E-state index contributed by atoms with van der Waals surface area (Å²) in [5, 5.41) is 11.3. The molecule has 2 aromatic carbocycles. The van der Waals surface area contributed by atoms with Crippen LogP contribution in [0.3, 0.4) is 0 Å². The molecule has 3 nitrogen and oxygen atoms in total. The summed E-state index contributed by atoms with van der Waals surface area (Å²) < 4.78 is -1.14. The Bertz CT molecular complexity index is 728. The number of hydrogen-bond donors (Lipinski definition) is 0. The predicted molar refractivity (Wildman–Crippen MR) is 84.1 cm³/mol. The SMILES string of the molecule is Cc1ccc(C2Cc3ccccc3C2(Cl)Cl)c([N+](=O)[O-])c1. The second-order valence-electron chi connectivity index (χ2n) is 5.36. The Morgan fingerprint density at radius 3 is 2.62 bits per heavy atom. The van der Waals surface area contributed by atoms with E-state index < -0.39 is 4.33 Å². The van der Waals surface area contributed by atoms with Crippen LogP contribution in [-0.2, 0) is 10.8 Å². The third-order valence-corrected chi connectivity index (χ3v) is 4.93. The second-order valence-corrected chi connectivity index (χ2v) is 6.74. The second kappa shape index (κ2) is 5.00. The van der Waals surface area contributed by atoms with E-state index in [1.54, 1.807) is 12.1 Å². The maximum absolute atomic E-state index is 11.3. The molecule has 0 radical (unpaired) electrons. The molecule has 0 fully saturated rings. The molecule has 0 aliphatic heterocycles. The van der Waals surface area contributed by atoms with Crippen LogP contribution in [0.5, 0.6) is 0 Å². The Hall–Kier alpha value is -1.58. The van der Waals surface area contributed by atoms with E-state index in [-0.39, 0.29) is 16.5 Å². The van der Waals surface area contributed by atoms with Crippen LogP contribution in [0, 0.1) is 17.0 Å². The highest BCUT2D eigenvalue weighted by Gasteiger charge is 2.46. The fraction of sp³-hybridized carbons (Fsp3) is 0.250. The monoisotopic (exact) mass is 321 g/mol. The zero-order chi connectivity index (χ0) is 15.2. The van der Waals surface area contributed by atoms with E-state index in [4.69, 9.17) is 23.2 Å². The number of nitrogens with zero attached hydrogens (tertiary/aromatic N) is 1. The van der Waals surface area contributed by atoms with Gasteiger partial charge in [-0.1, -0.05) is 59.6 Å². The van der Waals surface area contributed by atoms with Crippen LogP contribution in [0.1, 0.15) is 28.2 Å². The van der Waals surface area contributed by atoms with Crippen LogP contribution in [-0.4, -0.2) is 4.92 Å². The number of rotatable bonds is 2. The van der Waals surface area contributed by atoms with E-state index in [0.29, 0.717) is 12.0 Å². The molecule has 0 saturated carbocycles. The molecule has 3 rings (SSSR count). The molecular formula is C16H13Cl2NO2. The van der Waals surface area contributed by atoms with Crippen LogP contribution >= 0.6 is 23.2 Å². The minimum atomic E-state index is -1.14. The average Bonchev–Trinajstić information content (AvgIpc) is 2.71. The summed E-state index contributed by atoms with van der Waals surface area (Å²) in [5.41, 5.74) is 3.40. The number of halogens is 2. The first-order valence-corrected chi connectivity index (χ1v) is 7.38. The minimum Gasteiger partial charge on any atom is -0.258 e. The number of nitro groups is 1. The molecular weight excluding hydrogens is 309 g/mol. The van der Waals surface area contributed by atoms with Crippen molar-refractivity contribution in [1.29, 1.82) is 0 Å². The summed E-state index contributed by atoms with van der Waals surface area (Å²) in [4.78, 5) is 11.0. The zero-order valence-electron chi connectivity index (χ0n) is 11.3. The molecule has 5 heteroatoms. The number of alkyl halides is 2. The smallest absolute Gasteiger partial charge is 0.258 e. The number of aryl methyl sites for hydroxylation is 1. The Kier molecular flexibility index (Phi) is 3.42. The fourth-order valence-electron chi connectivity index (χ4n) is 2.97. The van der Waals surface area contributed by atoms with E-state index in [2.05, 4.69) is 0 Å². The van der Waals surface area contributed by atoms with E-state index in [0.717, 1.165) is 16.7 Å². The molecule has 0 amide bonds. The average molecular weight is 322 g/mol. The highest BCUT2D eigenvalue weighted by Crippen LogP contribution is 2.55. The van der Waals surface area contributed by atoms with Gasteiger partial charge in [-0.3, -0.25) is 10.1 Å². The standard InChI is InChI=1S/C16H13Cl2NO2/c1-10-6-7-12(15(8-10)19(20)21)14-9-11-4-2-3-5-13(11)16(14,17)18/h2-8,14H,9H2,1H3. The molecule has 0 bridgehead atoms. The topological polar surface area (TPSA) is 43.1 Å². The molecule has 1 atom stereocenters. The number of benzene rings is 2. The van der Waals surface area contributed by atoms with Crippen molar-refractivity contribution in [3.05, 3.63) is 74.8 Å². The summed E-state index contributed by atoms with van der Waals surface area (Å²) >= 11 is 13.1. The van der Waals surface area contributed by atoms with Crippen LogP contribution in [0.2, 0.25) is 0 Å². The maximum atomic E-state index is 11.3. The summed E-state index contributed by atoms with van der Waals surface area (Å²) in [6.07, 6.45) is 0.604. The van der Waals surface area contributed by atoms with Crippen LogP contribution < -0.4 is 0 Å². The molecule has 0 aromatic heterocycles. The largest absolute Gasteiger partial charge is 0.273 e. The Morgan fingerprint density at radius 2 is 1.95 bits per heavy atom. The van der Waals surface area contributed by atoms with E-state index >= 15 is 0 Å². The van der Waals surface area contributed by atoms with Crippen molar-refractivity contribution >= 4 is 28.9 Å². The number of hydrogen-bond acceptors (Lipinski definition) is 2. The Labute approximate surface area is 132 Å². The van der Waals surface area contributed by atoms with Gasteiger partial charge in [-0.2, -0.15) is 0 Å². The lowest BCUT2D eigenvalue weighted by molar-refractivity contribution is -0.385. The molecule has 0 saturated heterocycles. The van der Waals surface area contributed by atoms with Gasteiger partial charge in [0.1, 0.15) is 0 Å². The van der Waals surface area contributed by atoms with Gasteiger partial charge in [-0.15, -0.1) is 0 Å². The summed E-state index contributed by atoms with van der Waals surface area (Å²) in [6, 6.07) is 12.9. The lowest BCUT2D eigenvalue weighted by Crippen LogP contribution is -2.17. The first kappa shape index (κ1) is 14.4. The molecule has 0 N–H and O–H groups in total. The number of nitro benzene ring substituents is 1. The molecule has 1 aliphatic carbocycles. The van der Waals surface area contributed by atoms with Crippen molar-refractivity contribution in [2.45, 2.75) is 23.6 Å². The van der Waals surface area contributed by atoms with Gasteiger partial charge in [0.2, 0.25) is 0 Å². The molecule has 2 aromatic rings. The quantitative estimate of drug-likeness (QED) is 0.449. The summed E-state index contributed by atoms with van der Waals surface area (Å²) in [5.74, 6) is -0.320. The Morgan fingerprint density at radius 1 is 1.24 bits per heavy atom. The summed E-state index contributed by atoms with van der Waals surface area (Å²) in [6.45, 7) is 1.83. The van der Waals surface area contributed by atoms with Gasteiger partial charge in [0.15, 0.2) is 4.33 Å². The van der Waals surface area contributed by atoms with Crippen molar-refractivity contribution < 1.29 is 4.92 Å². The lowest BCUT2D eigenvalue weighted by atomic mass is 9.93. The van der Waals surface area contributed by atoms with Crippen molar-refractivity contribution in [3.63, 3.8) is 0 Å². The first-order valence-electron chi connectivity index (χ1n) is 6.62. The highest BCUT2D eigenvalue weighted by atomic mass is 35.5. The minimum absolute atomic E-state index is 0.0819. The third-order valence-electron chi connectivity index (χ3n) is 4.00. The van der Waals surface area contributed by atoms with Crippen molar-refractivity contribution in [3.8, 4) is 0 Å². The van der Waals surface area contributed by atoms with E-state index in [9.17, 15) is 10.1 Å². The molecule has 0 spiro atoms. The van der Waals surface area contributed by atoms with Gasteiger partial charge < -0.3 is 0 Å². The molecule has 108 valence electrons. The predicted octanol–water partition coefficient (Wildman–Crippen LogP) is 4.87. The van der Waals surface area contributed by atoms with E-state index in [1.807, 2.05) is 37.3 Å². The van der Waals surface area contributed by atoms with Crippen LogP contribution in [0.15, 0.2) is 42.5 Å². The molecule has 21 heavy (non-hydrogen) atoms. The van der Waals surface area contributed by atoms with E-state index in [1.165, 1.54) is 0 Å². The first-order chi connectivity index (χ1) is 9.91. The lowest BCUT2D eigenvalue weighted by Gasteiger charge is -2.23. The Balaban J connectivity index is 2.14. The number of fused-ring (bicyclic) bond motifs is 1. The highest BCUT2D eigenvalue weighted by molar-refractivity contribution is 6.49. The zero-order valence-corrected chi connectivity index (χ0v) is 12.9. The van der Waals surface area contributed by atoms with Gasteiger partial charge in [0.05, 0.1) is 4.92 Å². The maximum Gasteiger partial charge on any atom is 0.273 e. The van der Waals surface area contributed by atoms with Crippen LogP contribution in [0.4, 0.5) is 5.69 Å². The molecule has 1 unspecified atom stereocenters. The van der Waals surface area contributed by atoms with Crippen molar-refractivity contribution in [2.24, 2.45) is 0 Å². The van der Waals surface area contributed by atoms with Gasteiger partial charge in [0, 0.05) is 17.5 Å². The van der Waals surface area contributed by atoms with Crippen molar-refractivity contribution in [2.75, 3.05) is 0 Å². The van der Waals surface area contributed by atoms with Crippen LogP contribution in [0.25, 0.3) is 0 Å². The van der Waals surface area contributed by atoms with Gasteiger partial charge >= 0.3 is 0 Å².